The number of amides is 3. The van der Waals surface area contributed by atoms with Gasteiger partial charge in [0.1, 0.15) is 12.1 Å². The third-order valence-electron chi connectivity index (χ3n) is 3.57. The Kier molecular flexibility index (Phi) is 15.9. The van der Waals surface area contributed by atoms with Crippen molar-refractivity contribution in [3.63, 3.8) is 0 Å². The van der Waals surface area contributed by atoms with Gasteiger partial charge in [-0.25, -0.2) is 0 Å². The minimum absolute atomic E-state index is 0.0913. The van der Waals surface area contributed by atoms with Gasteiger partial charge in [-0.05, 0) is 14.1 Å². The smallest absolute Gasteiger partial charge is 0.244 e. The summed E-state index contributed by atoms with van der Waals surface area (Å²) in [7, 11) is 3.58. The molecule has 0 saturated carbocycles. The number of carbonyl (C=O) groups is 3. The van der Waals surface area contributed by atoms with Gasteiger partial charge in [0.25, 0.3) is 0 Å². The average Bonchev–Trinajstić information content (AvgIpc) is 2.67. The lowest BCUT2D eigenvalue weighted by Crippen LogP contribution is -2.58. The van der Waals surface area contributed by atoms with E-state index in [-0.39, 0.29) is 29.1 Å². The van der Waals surface area contributed by atoms with Gasteiger partial charge in [0.2, 0.25) is 17.7 Å². The molecule has 0 heterocycles. The van der Waals surface area contributed by atoms with Crippen molar-refractivity contribution in [3.8, 4) is 0 Å². The molecule has 27 heavy (non-hydrogen) atoms. The highest BCUT2D eigenvalue weighted by Crippen LogP contribution is 1.97. The quantitative estimate of drug-likeness (QED) is 0.101. The summed E-state index contributed by atoms with van der Waals surface area (Å²) < 4.78 is 0. The molecule has 0 aliphatic rings. The molecule has 0 aromatic heterocycles. The summed E-state index contributed by atoms with van der Waals surface area (Å²) in [5.41, 5.74) is 0. The summed E-state index contributed by atoms with van der Waals surface area (Å²) in [5, 5.41) is 16.9. The molecule has 0 aliphatic carbocycles. The van der Waals surface area contributed by atoms with E-state index in [9.17, 15) is 14.4 Å². The van der Waals surface area contributed by atoms with Crippen LogP contribution in [-0.4, -0.2) is 93.4 Å². The van der Waals surface area contributed by atoms with Crippen molar-refractivity contribution in [2.75, 3.05) is 57.5 Å². The van der Waals surface area contributed by atoms with Crippen LogP contribution in [0.2, 0.25) is 0 Å². The van der Waals surface area contributed by atoms with E-state index in [1.54, 1.807) is 7.05 Å². The lowest BCUT2D eigenvalue weighted by Gasteiger charge is -2.23. The lowest BCUT2D eigenvalue weighted by molar-refractivity contribution is -0.131. The highest BCUT2D eigenvalue weighted by Gasteiger charge is 2.27. The summed E-state index contributed by atoms with van der Waals surface area (Å²) in [4.78, 5) is 36.9. The first-order valence-electron chi connectivity index (χ1n) is 8.68. The monoisotopic (exact) mass is 440 g/mol. The van der Waals surface area contributed by atoms with Crippen LogP contribution in [0.3, 0.4) is 0 Å². The van der Waals surface area contributed by atoms with Crippen LogP contribution in [-0.2, 0) is 14.4 Å². The maximum Gasteiger partial charge on any atom is 0.244 e. The zero-order valence-corrected chi connectivity index (χ0v) is 18.4. The van der Waals surface area contributed by atoms with Gasteiger partial charge >= 0.3 is 0 Å². The zero-order valence-electron chi connectivity index (χ0n) is 15.7. The number of nitrogens with one attached hydrogen (secondary N) is 6. The van der Waals surface area contributed by atoms with Crippen molar-refractivity contribution < 1.29 is 14.4 Å². The predicted octanol–water partition coefficient (Wildman–Crippen LogP) is -2.74. The number of likely N-dealkylation sites (N-methyl/N-ethyl adjacent to an activating group) is 2. The Bertz CT molecular complexity index is 459. The molecule has 9 nitrogen and oxygen atoms in total. The van der Waals surface area contributed by atoms with Crippen molar-refractivity contribution in [2.24, 2.45) is 0 Å². The second-order valence-corrected chi connectivity index (χ2v) is 6.77. The summed E-state index contributed by atoms with van der Waals surface area (Å²) in [6, 6.07) is -2.21. The van der Waals surface area contributed by atoms with Crippen LogP contribution in [0.15, 0.2) is 0 Å². The first-order valence-corrected chi connectivity index (χ1v) is 10.6. The molecule has 0 rings (SSSR count). The largest absolute Gasteiger partial charge is 0.353 e. The van der Waals surface area contributed by atoms with E-state index in [2.05, 4.69) is 69.8 Å². The Hall–Kier alpha value is -0.660. The summed E-state index contributed by atoms with van der Waals surface area (Å²) >= 11 is 12.4. The zero-order chi connectivity index (χ0) is 20.7. The van der Waals surface area contributed by atoms with Gasteiger partial charge in [-0.15, -0.1) is 0 Å². The SMILES string of the molecule is CNCCNC(=O)[C@H](CS)NC(=O)[C@H](CS)NC(=O)[C@H](CS)NCCNC. The second kappa shape index (κ2) is 16.3. The molecule has 158 valence electrons. The molecule has 0 unspecified atom stereocenters. The van der Waals surface area contributed by atoms with Crippen LogP contribution >= 0.6 is 37.9 Å². The van der Waals surface area contributed by atoms with Crippen LogP contribution in [0.1, 0.15) is 0 Å². The van der Waals surface area contributed by atoms with E-state index in [4.69, 9.17) is 0 Å². The number of rotatable bonds is 15. The van der Waals surface area contributed by atoms with E-state index in [0.29, 0.717) is 26.2 Å². The number of hydrogen-bond donors (Lipinski definition) is 9. The van der Waals surface area contributed by atoms with Crippen LogP contribution in [0, 0.1) is 0 Å². The Morgan fingerprint density at radius 3 is 1.59 bits per heavy atom. The summed E-state index contributed by atoms with van der Waals surface area (Å²) in [6.45, 7) is 2.33. The third-order valence-corrected chi connectivity index (χ3v) is 4.67. The highest BCUT2D eigenvalue weighted by molar-refractivity contribution is 7.80. The first-order chi connectivity index (χ1) is 12.9. The minimum Gasteiger partial charge on any atom is -0.353 e. The Morgan fingerprint density at radius 1 is 0.667 bits per heavy atom. The Morgan fingerprint density at radius 2 is 1.11 bits per heavy atom. The Labute approximate surface area is 177 Å². The fourth-order valence-corrected chi connectivity index (χ4v) is 2.79. The molecule has 0 fully saturated rings. The average molecular weight is 441 g/mol. The molecule has 0 saturated heterocycles. The van der Waals surface area contributed by atoms with Crippen LogP contribution in [0.25, 0.3) is 0 Å². The fourth-order valence-electron chi connectivity index (χ4n) is 1.98. The molecule has 0 spiro atoms. The maximum atomic E-state index is 12.4. The van der Waals surface area contributed by atoms with Crippen molar-refractivity contribution in [1.29, 1.82) is 0 Å². The topological polar surface area (TPSA) is 123 Å². The van der Waals surface area contributed by atoms with Crippen molar-refractivity contribution in [3.05, 3.63) is 0 Å². The van der Waals surface area contributed by atoms with Gasteiger partial charge in [0.05, 0.1) is 6.04 Å². The fraction of sp³-hybridized carbons (Fsp3) is 0.800. The molecule has 12 heteroatoms. The summed E-state index contributed by atoms with van der Waals surface area (Å²) in [5.74, 6) is -0.669. The third kappa shape index (κ3) is 11.1. The van der Waals surface area contributed by atoms with E-state index in [0.717, 1.165) is 0 Å². The van der Waals surface area contributed by atoms with Crippen LogP contribution in [0.4, 0.5) is 0 Å². The second-order valence-electron chi connectivity index (χ2n) is 5.67. The highest BCUT2D eigenvalue weighted by atomic mass is 32.1. The molecule has 0 aromatic carbocycles. The van der Waals surface area contributed by atoms with Gasteiger partial charge in [-0.1, -0.05) is 0 Å². The molecule has 0 aliphatic heterocycles. The normalized spacial score (nSPS) is 14.1. The molecule has 3 atom stereocenters. The molecular weight excluding hydrogens is 408 g/mol. The predicted molar refractivity (Wildman–Crippen MR) is 118 cm³/mol. The van der Waals surface area contributed by atoms with Crippen LogP contribution in [0.5, 0.6) is 0 Å². The standard InChI is InChI=1S/C15H32N6O3S3/c1-16-3-5-18-10(7-25)14(23)21-12(9-27)15(24)20-11(8-26)13(22)19-6-4-17-2/h10-12,16-18,25-27H,3-9H2,1-2H3,(H,19,22)(H,20,24)(H,21,23)/t10-,11-,12-/m0/s1. The van der Waals surface area contributed by atoms with E-state index in [1.165, 1.54) is 0 Å². The summed E-state index contributed by atoms with van der Waals surface area (Å²) in [6.07, 6.45) is 0. The van der Waals surface area contributed by atoms with E-state index < -0.39 is 24.0 Å². The lowest BCUT2D eigenvalue weighted by atomic mass is 10.2. The molecular formula is C15H32N6O3S3. The minimum atomic E-state index is -0.873. The molecule has 0 aromatic rings. The van der Waals surface area contributed by atoms with Gasteiger partial charge in [-0.3, -0.25) is 14.4 Å². The van der Waals surface area contributed by atoms with Gasteiger partial charge in [0, 0.05) is 43.4 Å². The van der Waals surface area contributed by atoms with E-state index in [1.807, 2.05) is 7.05 Å². The van der Waals surface area contributed by atoms with E-state index >= 15 is 0 Å². The van der Waals surface area contributed by atoms with Crippen molar-refractivity contribution in [2.45, 2.75) is 18.1 Å². The van der Waals surface area contributed by atoms with Gasteiger partial charge in [-0.2, -0.15) is 37.9 Å². The van der Waals surface area contributed by atoms with Crippen molar-refractivity contribution in [1.82, 2.24) is 31.9 Å². The molecule has 3 amide bonds. The van der Waals surface area contributed by atoms with Crippen LogP contribution < -0.4 is 31.9 Å². The Balaban J connectivity index is 4.68. The van der Waals surface area contributed by atoms with Crippen molar-refractivity contribution >= 4 is 55.6 Å². The van der Waals surface area contributed by atoms with Gasteiger partial charge in [0.15, 0.2) is 0 Å². The number of hydrogen-bond acceptors (Lipinski definition) is 9. The maximum absolute atomic E-state index is 12.4. The number of carbonyl (C=O) groups excluding carboxylic acids is 3. The first kappa shape index (κ1) is 26.3. The van der Waals surface area contributed by atoms with Gasteiger partial charge < -0.3 is 31.9 Å². The molecule has 0 bridgehead atoms. The number of thiol groups is 3. The molecule has 6 N–H and O–H groups in total. The molecule has 0 radical (unpaired) electrons.